The van der Waals surface area contributed by atoms with E-state index in [-0.39, 0.29) is 24.0 Å². The van der Waals surface area contributed by atoms with Crippen molar-refractivity contribution in [3.8, 4) is 0 Å². The lowest BCUT2D eigenvalue weighted by Crippen LogP contribution is -3.00. The summed E-state index contributed by atoms with van der Waals surface area (Å²) in [6.07, 6.45) is 0. The Balaban J connectivity index is 0.000000853. The molecule has 5 heteroatoms. The first kappa shape index (κ1) is 12.0. The van der Waals surface area contributed by atoms with Crippen molar-refractivity contribution >= 4 is 0 Å². The molecule has 0 spiro atoms. The molecule has 0 aromatic carbocycles. The molecule has 0 amide bonds. The van der Waals surface area contributed by atoms with Crippen molar-refractivity contribution in [2.75, 3.05) is 46.6 Å². The average molecular weight is 324 g/mol. The van der Waals surface area contributed by atoms with E-state index in [0.29, 0.717) is 0 Å². The van der Waals surface area contributed by atoms with Crippen LogP contribution in [0.5, 0.6) is 0 Å². The number of nitrogens with zero attached hydrogens (tertiary/aromatic N) is 4. The Morgan fingerprint density at radius 1 is 0.933 bits per heavy atom. The number of quaternary nitrogens is 1. The molecule has 0 radical (unpaired) electrons. The zero-order valence-electron chi connectivity index (χ0n) is 9.69. The summed E-state index contributed by atoms with van der Waals surface area (Å²) in [5.41, 5.74) is 0. The van der Waals surface area contributed by atoms with Gasteiger partial charge in [0.05, 0.1) is 26.6 Å². The van der Waals surface area contributed by atoms with Gasteiger partial charge in [0.1, 0.15) is 20.0 Å². The van der Waals surface area contributed by atoms with Crippen molar-refractivity contribution in [1.82, 2.24) is 14.7 Å². The smallest absolute Gasteiger partial charge is 0.139 e. The third-order valence-corrected chi connectivity index (χ3v) is 3.45. The standard InChI is InChI=1S/C10H21N4.HI/c1-10(2)3-14-7-11-4-12(8-14)6-13(5-11)9-14;/h10H,3-9H2,1-2H3;1H/q+1;/p-1. The maximum atomic E-state index is 2.58. The van der Waals surface area contributed by atoms with Gasteiger partial charge in [0.25, 0.3) is 0 Å². The molecule has 4 rings (SSSR count). The minimum absolute atomic E-state index is 0. The van der Waals surface area contributed by atoms with E-state index in [1.54, 1.807) is 0 Å². The third-order valence-electron chi connectivity index (χ3n) is 3.45. The molecule has 4 saturated heterocycles. The second-order valence-electron chi connectivity index (χ2n) is 5.78. The molecule has 4 bridgehead atoms. The highest BCUT2D eigenvalue weighted by atomic mass is 127. The van der Waals surface area contributed by atoms with E-state index in [4.69, 9.17) is 0 Å². The van der Waals surface area contributed by atoms with Crippen molar-refractivity contribution in [2.24, 2.45) is 5.92 Å². The molecular weight excluding hydrogens is 303 g/mol. The molecule has 0 aromatic heterocycles. The Morgan fingerprint density at radius 3 is 1.67 bits per heavy atom. The van der Waals surface area contributed by atoms with Crippen molar-refractivity contribution in [3.63, 3.8) is 0 Å². The van der Waals surface area contributed by atoms with Crippen LogP contribution in [0.25, 0.3) is 0 Å². The molecule has 4 aliphatic rings. The van der Waals surface area contributed by atoms with Gasteiger partial charge in [-0.05, 0) is 0 Å². The Kier molecular flexibility index (Phi) is 3.29. The Bertz CT molecular complexity index is 202. The molecule has 0 unspecified atom stereocenters. The molecular formula is C10H21IN4. The molecule has 15 heavy (non-hydrogen) atoms. The van der Waals surface area contributed by atoms with E-state index in [1.165, 1.54) is 51.0 Å². The van der Waals surface area contributed by atoms with Crippen LogP contribution in [0, 0.1) is 5.92 Å². The Hall–Kier alpha value is 0.570. The van der Waals surface area contributed by atoms with Gasteiger partial charge in [-0.3, -0.25) is 4.48 Å². The van der Waals surface area contributed by atoms with Crippen molar-refractivity contribution in [3.05, 3.63) is 0 Å². The summed E-state index contributed by atoms with van der Waals surface area (Å²) >= 11 is 0. The van der Waals surface area contributed by atoms with Crippen LogP contribution in [0.3, 0.4) is 0 Å². The topological polar surface area (TPSA) is 9.72 Å². The zero-order chi connectivity index (χ0) is 9.76. The molecule has 0 aromatic rings. The van der Waals surface area contributed by atoms with Gasteiger partial charge in [0.2, 0.25) is 0 Å². The maximum absolute atomic E-state index is 2.58. The van der Waals surface area contributed by atoms with Gasteiger partial charge < -0.3 is 24.0 Å². The van der Waals surface area contributed by atoms with Gasteiger partial charge in [0, 0.05) is 5.92 Å². The summed E-state index contributed by atoms with van der Waals surface area (Å²) in [7, 11) is 0. The van der Waals surface area contributed by atoms with Crippen LogP contribution in [0.15, 0.2) is 0 Å². The van der Waals surface area contributed by atoms with E-state index >= 15 is 0 Å². The van der Waals surface area contributed by atoms with Gasteiger partial charge in [-0.1, -0.05) is 13.8 Å². The lowest BCUT2D eigenvalue weighted by atomic mass is 10.1. The highest BCUT2D eigenvalue weighted by Crippen LogP contribution is 2.29. The van der Waals surface area contributed by atoms with Crippen LogP contribution in [-0.2, 0) is 0 Å². The molecule has 0 aliphatic carbocycles. The largest absolute Gasteiger partial charge is 1.00 e. The van der Waals surface area contributed by atoms with Gasteiger partial charge in [-0.15, -0.1) is 0 Å². The van der Waals surface area contributed by atoms with E-state index in [1.807, 2.05) is 0 Å². The van der Waals surface area contributed by atoms with Crippen LogP contribution >= 0.6 is 0 Å². The van der Waals surface area contributed by atoms with E-state index in [9.17, 15) is 0 Å². The lowest BCUT2D eigenvalue weighted by molar-refractivity contribution is -0.982. The fourth-order valence-corrected chi connectivity index (χ4v) is 3.61. The monoisotopic (exact) mass is 324 g/mol. The predicted molar refractivity (Wildman–Crippen MR) is 54.7 cm³/mol. The number of hydrogen-bond acceptors (Lipinski definition) is 3. The first-order valence-corrected chi connectivity index (χ1v) is 5.67. The molecule has 0 atom stereocenters. The molecule has 88 valence electrons. The average Bonchev–Trinajstić information content (AvgIpc) is 1.96. The molecule has 4 nitrogen and oxygen atoms in total. The summed E-state index contributed by atoms with van der Waals surface area (Å²) in [6.45, 7) is 13.5. The van der Waals surface area contributed by atoms with Gasteiger partial charge in [0.15, 0.2) is 0 Å². The first-order valence-electron chi connectivity index (χ1n) is 5.67. The minimum Gasteiger partial charge on any atom is -1.00 e. The predicted octanol–water partition coefficient (Wildman–Crippen LogP) is -2.84. The number of rotatable bonds is 2. The van der Waals surface area contributed by atoms with Gasteiger partial charge in [-0.2, -0.15) is 0 Å². The van der Waals surface area contributed by atoms with Gasteiger partial charge >= 0.3 is 0 Å². The van der Waals surface area contributed by atoms with E-state index in [0.717, 1.165) is 5.92 Å². The Morgan fingerprint density at radius 2 is 1.33 bits per heavy atom. The van der Waals surface area contributed by atoms with Crippen molar-refractivity contribution in [1.29, 1.82) is 0 Å². The van der Waals surface area contributed by atoms with Crippen LogP contribution in [0.4, 0.5) is 0 Å². The summed E-state index contributed by atoms with van der Waals surface area (Å²) in [5.74, 6) is 0.815. The van der Waals surface area contributed by atoms with Crippen molar-refractivity contribution in [2.45, 2.75) is 13.8 Å². The minimum atomic E-state index is 0. The highest BCUT2D eigenvalue weighted by molar-refractivity contribution is 4.74. The summed E-state index contributed by atoms with van der Waals surface area (Å²) < 4.78 is 1.29. The fourth-order valence-electron chi connectivity index (χ4n) is 3.61. The van der Waals surface area contributed by atoms with Crippen LogP contribution < -0.4 is 24.0 Å². The molecule has 0 N–H and O–H groups in total. The number of halogens is 1. The quantitative estimate of drug-likeness (QED) is 0.400. The number of hydrogen-bond donors (Lipinski definition) is 0. The lowest BCUT2D eigenvalue weighted by Gasteiger charge is -2.61. The Labute approximate surface area is 109 Å². The highest BCUT2D eigenvalue weighted by Gasteiger charge is 2.48. The van der Waals surface area contributed by atoms with Crippen LogP contribution in [0.2, 0.25) is 0 Å². The van der Waals surface area contributed by atoms with Crippen LogP contribution in [-0.4, -0.2) is 65.7 Å². The normalized spacial score (nSPS) is 47.0. The summed E-state index contributed by atoms with van der Waals surface area (Å²) in [4.78, 5) is 7.75. The zero-order valence-corrected chi connectivity index (χ0v) is 11.9. The summed E-state index contributed by atoms with van der Waals surface area (Å²) in [5, 5.41) is 0. The molecule has 4 aliphatic heterocycles. The second-order valence-corrected chi connectivity index (χ2v) is 5.78. The van der Waals surface area contributed by atoms with Gasteiger partial charge in [-0.25, -0.2) is 14.7 Å². The molecule has 4 fully saturated rings. The van der Waals surface area contributed by atoms with Crippen LogP contribution in [0.1, 0.15) is 13.8 Å². The first-order chi connectivity index (χ1) is 6.65. The SMILES string of the molecule is CC(C)C[N+]12CN3CN(CN(C3)C1)C2.[I-]. The second kappa shape index (κ2) is 4.10. The fraction of sp³-hybridized carbons (Fsp3) is 1.00. The maximum Gasteiger partial charge on any atom is 0.139 e. The summed E-state index contributed by atoms with van der Waals surface area (Å²) in [6, 6.07) is 0. The molecule has 0 saturated carbocycles. The van der Waals surface area contributed by atoms with E-state index < -0.39 is 0 Å². The third kappa shape index (κ3) is 2.17. The van der Waals surface area contributed by atoms with E-state index in [2.05, 4.69) is 28.5 Å². The molecule has 4 heterocycles. The van der Waals surface area contributed by atoms with Crippen molar-refractivity contribution < 1.29 is 28.5 Å².